The summed E-state index contributed by atoms with van der Waals surface area (Å²) in [5, 5.41) is 26.8. The van der Waals surface area contributed by atoms with E-state index in [1.165, 1.54) is 18.2 Å². The lowest BCUT2D eigenvalue weighted by Gasteiger charge is -2.01. The summed E-state index contributed by atoms with van der Waals surface area (Å²) < 4.78 is 1.62. The van der Waals surface area contributed by atoms with Gasteiger partial charge in [0.05, 0.1) is 21.2 Å². The number of hydrogen-bond donors (Lipinski definition) is 0. The number of nitro groups is 2. The van der Waals surface area contributed by atoms with Gasteiger partial charge < -0.3 is 0 Å². The van der Waals surface area contributed by atoms with Crippen LogP contribution in [0.4, 0.5) is 17.1 Å². The summed E-state index contributed by atoms with van der Waals surface area (Å²) in [5.41, 5.74) is 3.88. The Balaban J connectivity index is 1.75. The number of benzene rings is 3. The molecule has 0 fully saturated rings. The van der Waals surface area contributed by atoms with Gasteiger partial charge in [-0.2, -0.15) is 5.10 Å². The Morgan fingerprint density at radius 2 is 1.66 bits per heavy atom. The minimum Gasteiger partial charge on any atom is -0.258 e. The molecule has 9 nitrogen and oxygen atoms in total. The second-order valence-electron chi connectivity index (χ2n) is 7.00. The van der Waals surface area contributed by atoms with Crippen LogP contribution >= 0.6 is 0 Å². The molecule has 4 aromatic rings. The highest BCUT2D eigenvalue weighted by molar-refractivity contribution is 5.90. The molecule has 0 amide bonds. The summed E-state index contributed by atoms with van der Waals surface area (Å²) in [5.74, 6) is 0. The molecular weight excluding hydrogens is 410 g/mol. The van der Waals surface area contributed by atoms with Crippen molar-refractivity contribution in [3.8, 4) is 16.9 Å². The fourth-order valence-corrected chi connectivity index (χ4v) is 3.18. The number of nitrogens with zero attached hydrogens (tertiary/aromatic N) is 5. The minimum atomic E-state index is -0.457. The van der Waals surface area contributed by atoms with Crippen LogP contribution in [0.15, 0.2) is 84.0 Å². The molecule has 158 valence electrons. The molecule has 0 aliphatic heterocycles. The molecule has 0 atom stereocenters. The highest BCUT2D eigenvalue weighted by atomic mass is 16.6. The number of hydrogen-bond acceptors (Lipinski definition) is 6. The molecule has 1 heterocycles. The maximum atomic E-state index is 11.2. The van der Waals surface area contributed by atoms with Gasteiger partial charge in [0, 0.05) is 47.3 Å². The lowest BCUT2D eigenvalue weighted by atomic mass is 10.1. The molecule has 0 spiro atoms. The molecule has 0 saturated heterocycles. The van der Waals surface area contributed by atoms with E-state index in [9.17, 15) is 20.2 Å². The predicted octanol–water partition coefficient (Wildman–Crippen LogP) is 5.41. The fourth-order valence-electron chi connectivity index (χ4n) is 3.18. The zero-order valence-electron chi connectivity index (χ0n) is 17.0. The Bertz CT molecular complexity index is 1330. The van der Waals surface area contributed by atoms with E-state index in [0.29, 0.717) is 28.2 Å². The molecule has 0 N–H and O–H groups in total. The van der Waals surface area contributed by atoms with Gasteiger partial charge in [0.2, 0.25) is 0 Å². The van der Waals surface area contributed by atoms with Crippen molar-refractivity contribution in [2.24, 2.45) is 4.99 Å². The first-order valence-electron chi connectivity index (χ1n) is 9.61. The molecule has 4 rings (SSSR count). The predicted molar refractivity (Wildman–Crippen MR) is 121 cm³/mol. The van der Waals surface area contributed by atoms with Crippen molar-refractivity contribution in [2.45, 2.75) is 6.92 Å². The van der Waals surface area contributed by atoms with Gasteiger partial charge in [0.15, 0.2) is 0 Å². The summed E-state index contributed by atoms with van der Waals surface area (Å²) in [7, 11) is 0. The van der Waals surface area contributed by atoms with Gasteiger partial charge >= 0.3 is 0 Å². The molecule has 0 aliphatic carbocycles. The maximum Gasteiger partial charge on any atom is 0.274 e. The summed E-state index contributed by atoms with van der Waals surface area (Å²) in [6, 6.07) is 20.4. The molecule has 32 heavy (non-hydrogen) atoms. The quantitative estimate of drug-likeness (QED) is 0.231. The van der Waals surface area contributed by atoms with Gasteiger partial charge in [-0.25, -0.2) is 4.68 Å². The molecule has 0 aliphatic rings. The third kappa shape index (κ3) is 4.26. The Morgan fingerprint density at radius 3 is 2.31 bits per heavy atom. The van der Waals surface area contributed by atoms with Crippen LogP contribution in [0.3, 0.4) is 0 Å². The van der Waals surface area contributed by atoms with Crippen LogP contribution in [0, 0.1) is 27.2 Å². The van der Waals surface area contributed by atoms with E-state index in [4.69, 9.17) is 0 Å². The van der Waals surface area contributed by atoms with Gasteiger partial charge in [-0.3, -0.25) is 25.2 Å². The SMILES string of the molecule is Cc1ccc(N=Cc2cn(-c3ccc([N+](=O)[O-])cc3)nc2-c2ccccc2)cc1[N+](=O)[O-]. The van der Waals surface area contributed by atoms with Crippen molar-refractivity contribution in [3.63, 3.8) is 0 Å². The molecular formula is C23H17N5O4. The van der Waals surface area contributed by atoms with Crippen molar-refractivity contribution in [1.29, 1.82) is 0 Å². The van der Waals surface area contributed by atoms with Crippen LogP contribution in [0.5, 0.6) is 0 Å². The zero-order valence-corrected chi connectivity index (χ0v) is 17.0. The van der Waals surface area contributed by atoms with E-state index < -0.39 is 9.85 Å². The normalized spacial score (nSPS) is 11.0. The van der Waals surface area contributed by atoms with E-state index in [2.05, 4.69) is 10.1 Å². The number of aromatic nitrogens is 2. The van der Waals surface area contributed by atoms with Crippen molar-refractivity contribution in [2.75, 3.05) is 0 Å². The van der Waals surface area contributed by atoms with Gasteiger partial charge in [0.1, 0.15) is 5.69 Å². The fraction of sp³-hybridized carbons (Fsp3) is 0.0435. The molecule has 0 radical (unpaired) electrons. The standard InChI is InChI=1S/C23H17N5O4/c1-16-7-8-19(13-22(16)28(31)32)24-14-18-15-26(20-9-11-21(12-10-20)27(29)30)25-23(18)17-5-3-2-4-6-17/h2-15H,1H3. The van der Waals surface area contributed by atoms with Gasteiger partial charge in [-0.1, -0.05) is 36.4 Å². The van der Waals surface area contributed by atoms with Crippen LogP contribution in [0.25, 0.3) is 16.9 Å². The number of aliphatic imine (C=N–C) groups is 1. The van der Waals surface area contributed by atoms with Crippen LogP contribution in [0.1, 0.15) is 11.1 Å². The number of aryl methyl sites for hydroxylation is 1. The molecule has 0 unspecified atom stereocenters. The minimum absolute atomic E-state index is 0.00417. The van der Waals surface area contributed by atoms with Crippen LogP contribution in [-0.2, 0) is 0 Å². The van der Waals surface area contributed by atoms with E-state index in [1.807, 2.05) is 30.3 Å². The maximum absolute atomic E-state index is 11.2. The first-order chi connectivity index (χ1) is 15.4. The van der Waals surface area contributed by atoms with E-state index in [-0.39, 0.29) is 11.4 Å². The smallest absolute Gasteiger partial charge is 0.258 e. The average molecular weight is 427 g/mol. The third-order valence-electron chi connectivity index (χ3n) is 4.86. The van der Waals surface area contributed by atoms with Gasteiger partial charge in [-0.05, 0) is 25.1 Å². The Hall–Kier alpha value is -4.66. The summed E-state index contributed by atoms with van der Waals surface area (Å²) in [6.07, 6.45) is 3.36. The van der Waals surface area contributed by atoms with Crippen molar-refractivity contribution in [3.05, 3.63) is 110 Å². The summed E-state index contributed by atoms with van der Waals surface area (Å²) >= 11 is 0. The van der Waals surface area contributed by atoms with E-state index >= 15 is 0 Å². The van der Waals surface area contributed by atoms with Gasteiger partial charge in [0.25, 0.3) is 11.4 Å². The van der Waals surface area contributed by atoms with Crippen LogP contribution in [-0.4, -0.2) is 25.8 Å². The van der Waals surface area contributed by atoms with Crippen LogP contribution < -0.4 is 0 Å². The monoisotopic (exact) mass is 427 g/mol. The second-order valence-corrected chi connectivity index (χ2v) is 7.00. The Labute approximate surface area is 182 Å². The molecule has 9 heteroatoms. The second kappa shape index (κ2) is 8.60. The first kappa shape index (κ1) is 20.6. The van der Waals surface area contributed by atoms with Crippen molar-refractivity contribution < 1.29 is 9.85 Å². The lowest BCUT2D eigenvalue weighted by Crippen LogP contribution is -1.95. The highest BCUT2D eigenvalue weighted by Gasteiger charge is 2.13. The Kier molecular flexibility index (Phi) is 5.54. The third-order valence-corrected chi connectivity index (χ3v) is 4.86. The largest absolute Gasteiger partial charge is 0.274 e. The first-order valence-corrected chi connectivity index (χ1v) is 9.61. The molecule has 0 bridgehead atoms. The highest BCUT2D eigenvalue weighted by Crippen LogP contribution is 2.26. The average Bonchev–Trinajstić information content (AvgIpc) is 3.23. The molecule has 1 aromatic heterocycles. The number of non-ortho nitro benzene ring substituents is 1. The lowest BCUT2D eigenvalue weighted by molar-refractivity contribution is -0.385. The summed E-state index contributed by atoms with van der Waals surface area (Å²) in [4.78, 5) is 25.7. The van der Waals surface area contributed by atoms with E-state index in [0.717, 1.165) is 5.56 Å². The van der Waals surface area contributed by atoms with Crippen LogP contribution in [0.2, 0.25) is 0 Å². The van der Waals surface area contributed by atoms with Crippen molar-refractivity contribution >= 4 is 23.3 Å². The number of nitro benzene ring substituents is 2. The summed E-state index contributed by atoms with van der Waals surface area (Å²) in [6.45, 7) is 1.67. The van der Waals surface area contributed by atoms with Crippen molar-refractivity contribution in [1.82, 2.24) is 9.78 Å². The van der Waals surface area contributed by atoms with Gasteiger partial charge in [-0.15, -0.1) is 0 Å². The topological polar surface area (TPSA) is 116 Å². The Morgan fingerprint density at radius 1 is 0.938 bits per heavy atom. The molecule has 0 saturated carbocycles. The molecule has 3 aromatic carbocycles. The number of rotatable bonds is 6. The van der Waals surface area contributed by atoms with E-state index in [1.54, 1.807) is 48.3 Å². The zero-order chi connectivity index (χ0) is 22.7.